The summed E-state index contributed by atoms with van der Waals surface area (Å²) < 4.78 is 1.83. The van der Waals surface area contributed by atoms with Crippen molar-refractivity contribution in [2.24, 2.45) is 0 Å². The Labute approximate surface area is 142 Å². The second kappa shape index (κ2) is 7.42. The summed E-state index contributed by atoms with van der Waals surface area (Å²) in [6.45, 7) is 7.45. The minimum Gasteiger partial charge on any atom is -0.237 e. The molecule has 0 aliphatic carbocycles. The number of aromatic nitrogens is 3. The molecule has 0 N–H and O–H groups in total. The first-order valence-electron chi connectivity index (χ1n) is 7.67. The van der Waals surface area contributed by atoms with Gasteiger partial charge in [0.15, 0.2) is 7.28 Å². The topological polar surface area (TPSA) is 30.2 Å². The van der Waals surface area contributed by atoms with E-state index in [4.69, 9.17) is 0 Å². The molecule has 24 heavy (non-hydrogen) atoms. The average molecular weight is 310 g/mol. The molecule has 0 atom stereocenters. The van der Waals surface area contributed by atoms with Crippen LogP contribution in [0.1, 0.15) is 0 Å². The minimum absolute atomic E-state index is 0.926. The normalized spacial score (nSPS) is 11.8. The van der Waals surface area contributed by atoms with Gasteiger partial charge >= 0.3 is 0 Å². The van der Waals surface area contributed by atoms with Crippen LogP contribution in [-0.4, -0.2) is 21.9 Å². The van der Waals surface area contributed by atoms with Gasteiger partial charge in [-0.25, -0.2) is 9.50 Å². The lowest BCUT2D eigenvalue weighted by Gasteiger charge is -2.05. The average Bonchev–Trinajstić information content (AvgIpc) is 3.09. The number of hydrogen-bond acceptors (Lipinski definition) is 2. The van der Waals surface area contributed by atoms with Crippen molar-refractivity contribution < 1.29 is 0 Å². The molecular formula is C20H17BN3. The number of benzene rings is 1. The summed E-state index contributed by atoms with van der Waals surface area (Å²) in [4.78, 5) is 4.42. The molecule has 3 nitrogen and oxygen atoms in total. The molecule has 0 amide bonds. The standard InChI is InChI=1S/C20H17BN3/c1-3-5-8-17(7-4-2)21-18-12-10-16(11-13-18)20-19-9-6-14-24(19)23-15-22-20/h3-15H,1-2H2/b8-5-,17-7+. The van der Waals surface area contributed by atoms with Gasteiger partial charge in [0.25, 0.3) is 0 Å². The van der Waals surface area contributed by atoms with Gasteiger partial charge in [-0.15, -0.1) is 0 Å². The Bertz CT molecular complexity index is 917. The van der Waals surface area contributed by atoms with E-state index in [0.717, 1.165) is 27.7 Å². The first-order valence-corrected chi connectivity index (χ1v) is 7.67. The van der Waals surface area contributed by atoms with Gasteiger partial charge in [-0.05, 0) is 12.1 Å². The Morgan fingerprint density at radius 3 is 2.67 bits per heavy atom. The molecule has 2 heterocycles. The summed E-state index contributed by atoms with van der Waals surface area (Å²) in [5.41, 5.74) is 5.16. The third kappa shape index (κ3) is 3.44. The molecule has 1 aromatic carbocycles. The maximum atomic E-state index is 4.42. The summed E-state index contributed by atoms with van der Waals surface area (Å²) in [6, 6.07) is 12.3. The van der Waals surface area contributed by atoms with Crippen molar-refractivity contribution in [1.82, 2.24) is 14.6 Å². The maximum absolute atomic E-state index is 4.42. The third-order valence-electron chi connectivity index (χ3n) is 3.59. The SMILES string of the molecule is C=C/C=C\C([B]c1ccc(-c2ncnn3cccc23)cc1)=C/C=C. The zero-order valence-corrected chi connectivity index (χ0v) is 13.3. The number of rotatable bonds is 6. The van der Waals surface area contributed by atoms with Crippen molar-refractivity contribution in [3.05, 3.63) is 97.9 Å². The van der Waals surface area contributed by atoms with E-state index in [-0.39, 0.29) is 0 Å². The Morgan fingerprint density at radius 1 is 1.08 bits per heavy atom. The van der Waals surface area contributed by atoms with Gasteiger partial charge in [0.05, 0.1) is 11.2 Å². The first-order chi connectivity index (χ1) is 11.8. The third-order valence-corrected chi connectivity index (χ3v) is 3.59. The minimum atomic E-state index is 0.926. The fourth-order valence-electron chi connectivity index (χ4n) is 2.48. The fraction of sp³-hybridized carbons (Fsp3) is 0. The van der Waals surface area contributed by atoms with Crippen LogP contribution in [0.2, 0.25) is 0 Å². The van der Waals surface area contributed by atoms with Crippen molar-refractivity contribution in [2.45, 2.75) is 0 Å². The lowest BCUT2D eigenvalue weighted by Crippen LogP contribution is -2.15. The quantitative estimate of drug-likeness (QED) is 0.515. The summed E-state index contributed by atoms with van der Waals surface area (Å²) in [5, 5.41) is 4.20. The largest absolute Gasteiger partial charge is 0.237 e. The van der Waals surface area contributed by atoms with Crippen molar-refractivity contribution in [1.29, 1.82) is 0 Å². The van der Waals surface area contributed by atoms with Crippen molar-refractivity contribution >= 4 is 18.3 Å². The molecule has 0 aliphatic heterocycles. The van der Waals surface area contributed by atoms with Crippen LogP contribution in [0.4, 0.5) is 0 Å². The van der Waals surface area contributed by atoms with E-state index in [1.54, 1.807) is 18.5 Å². The van der Waals surface area contributed by atoms with Gasteiger partial charge < -0.3 is 0 Å². The van der Waals surface area contributed by atoms with Gasteiger partial charge in [-0.2, -0.15) is 5.10 Å². The molecule has 0 saturated heterocycles. The van der Waals surface area contributed by atoms with Crippen LogP contribution in [0.15, 0.2) is 97.9 Å². The molecule has 0 unspecified atom stereocenters. The highest BCUT2D eigenvalue weighted by molar-refractivity contribution is 6.61. The van der Waals surface area contributed by atoms with E-state index < -0.39 is 0 Å². The van der Waals surface area contributed by atoms with Crippen LogP contribution in [0.5, 0.6) is 0 Å². The highest BCUT2D eigenvalue weighted by Gasteiger charge is 2.06. The molecular weight excluding hydrogens is 293 g/mol. The van der Waals surface area contributed by atoms with Crippen LogP contribution in [-0.2, 0) is 0 Å². The van der Waals surface area contributed by atoms with Crippen LogP contribution in [0, 0.1) is 0 Å². The van der Waals surface area contributed by atoms with E-state index in [1.165, 1.54) is 0 Å². The van der Waals surface area contributed by atoms with Crippen LogP contribution < -0.4 is 5.46 Å². The van der Waals surface area contributed by atoms with E-state index in [9.17, 15) is 0 Å². The van der Waals surface area contributed by atoms with Crippen LogP contribution in [0.3, 0.4) is 0 Å². The molecule has 2 aromatic heterocycles. The smallest absolute Gasteiger partial charge is 0.191 e. The fourth-order valence-corrected chi connectivity index (χ4v) is 2.48. The number of nitrogens with zero attached hydrogens (tertiary/aromatic N) is 3. The monoisotopic (exact) mass is 310 g/mol. The lowest BCUT2D eigenvalue weighted by molar-refractivity contribution is 0.906. The van der Waals surface area contributed by atoms with Crippen molar-refractivity contribution in [2.75, 3.05) is 0 Å². The molecule has 3 aromatic rings. The van der Waals surface area contributed by atoms with Crippen LogP contribution in [0.25, 0.3) is 16.8 Å². The van der Waals surface area contributed by atoms with Crippen molar-refractivity contribution in [3.8, 4) is 11.3 Å². The van der Waals surface area contributed by atoms with E-state index >= 15 is 0 Å². The van der Waals surface area contributed by atoms with Gasteiger partial charge in [-0.3, -0.25) is 0 Å². The number of allylic oxidation sites excluding steroid dienone is 6. The molecule has 0 spiro atoms. The van der Waals surface area contributed by atoms with Crippen LogP contribution >= 0.6 is 0 Å². The lowest BCUT2D eigenvalue weighted by atomic mass is 9.63. The Hall–Kier alpha value is -3.14. The van der Waals surface area contributed by atoms with Crippen molar-refractivity contribution in [3.63, 3.8) is 0 Å². The molecule has 0 aliphatic rings. The molecule has 0 bridgehead atoms. The molecule has 115 valence electrons. The summed E-state index contributed by atoms with van der Waals surface area (Å²) in [5.74, 6) is 0. The number of fused-ring (bicyclic) bond motifs is 1. The highest BCUT2D eigenvalue weighted by Crippen LogP contribution is 2.20. The first kappa shape index (κ1) is 15.7. The molecule has 4 heteroatoms. The van der Waals surface area contributed by atoms with E-state index in [2.05, 4.69) is 54.8 Å². The highest BCUT2D eigenvalue weighted by atomic mass is 15.2. The zero-order valence-electron chi connectivity index (χ0n) is 13.3. The molecule has 3 rings (SSSR count). The molecule has 0 saturated carbocycles. The van der Waals surface area contributed by atoms with E-state index in [1.807, 2.05) is 41.1 Å². The predicted octanol–water partition coefficient (Wildman–Crippen LogP) is 3.54. The Kier molecular flexibility index (Phi) is 4.87. The Morgan fingerprint density at radius 2 is 1.92 bits per heavy atom. The Balaban J connectivity index is 1.87. The predicted molar refractivity (Wildman–Crippen MR) is 101 cm³/mol. The van der Waals surface area contributed by atoms with Gasteiger partial charge in [0.2, 0.25) is 0 Å². The second-order valence-electron chi connectivity index (χ2n) is 5.21. The number of hydrogen-bond donors (Lipinski definition) is 0. The summed E-state index contributed by atoms with van der Waals surface area (Å²) >= 11 is 0. The molecule has 0 fully saturated rings. The van der Waals surface area contributed by atoms with Gasteiger partial charge in [-0.1, -0.05) is 78.7 Å². The van der Waals surface area contributed by atoms with Gasteiger partial charge in [0, 0.05) is 11.8 Å². The second-order valence-corrected chi connectivity index (χ2v) is 5.21. The van der Waals surface area contributed by atoms with Gasteiger partial charge in [0.1, 0.15) is 6.33 Å². The zero-order chi connectivity index (χ0) is 16.8. The summed E-state index contributed by atoms with van der Waals surface area (Å²) in [7, 11) is 2.10. The molecule has 1 radical (unpaired) electrons. The maximum Gasteiger partial charge on any atom is 0.191 e. The van der Waals surface area contributed by atoms with E-state index in [0.29, 0.717) is 0 Å². The summed E-state index contributed by atoms with van der Waals surface area (Å²) in [6.07, 6.45) is 12.9.